The number of hydrogen-bond donors (Lipinski definition) is 3. The highest BCUT2D eigenvalue weighted by Crippen LogP contribution is 2.38. The molecule has 2 aromatic heterocycles. The second kappa shape index (κ2) is 8.94. The van der Waals surface area contributed by atoms with Crippen LogP contribution in [-0.2, 0) is 23.8 Å². The molecule has 3 aromatic rings. The smallest absolute Gasteiger partial charge is 0.302 e. The van der Waals surface area contributed by atoms with Gasteiger partial charge >= 0.3 is 18.1 Å². The van der Waals surface area contributed by atoms with E-state index in [0.29, 0.717) is 28.6 Å². The molecule has 34 heavy (non-hydrogen) atoms. The van der Waals surface area contributed by atoms with Gasteiger partial charge in [-0.3, -0.25) is 4.79 Å². The summed E-state index contributed by atoms with van der Waals surface area (Å²) in [4.78, 5) is 41.3. The molecule has 0 radical (unpaired) electrons. The first-order chi connectivity index (χ1) is 16.0. The van der Waals surface area contributed by atoms with Crippen LogP contribution < -0.4 is 16.0 Å². The number of fused-ring (bicyclic) bond motifs is 1. The maximum Gasteiger partial charge on any atom is 0.521 e. The summed E-state index contributed by atoms with van der Waals surface area (Å²) in [6.45, 7) is 1.84. The van der Waals surface area contributed by atoms with Crippen LogP contribution in [0.25, 0.3) is 11.3 Å². The van der Waals surface area contributed by atoms with Crippen LogP contribution in [-0.4, -0.2) is 22.8 Å². The van der Waals surface area contributed by atoms with Crippen LogP contribution in [0.1, 0.15) is 33.3 Å². The van der Waals surface area contributed by atoms with Crippen LogP contribution in [0, 0.1) is 11.6 Å². The van der Waals surface area contributed by atoms with E-state index >= 15 is 0 Å². The number of imide groups is 1. The summed E-state index contributed by atoms with van der Waals surface area (Å²) >= 11 is 2.10. The van der Waals surface area contributed by atoms with Gasteiger partial charge in [-0.05, 0) is 24.1 Å². The maximum atomic E-state index is 14.4. The van der Waals surface area contributed by atoms with E-state index in [4.69, 9.17) is 0 Å². The summed E-state index contributed by atoms with van der Waals surface area (Å²) < 4.78 is 66.9. The third-order valence-corrected chi connectivity index (χ3v) is 7.05. The Labute approximate surface area is 196 Å². The predicted molar refractivity (Wildman–Crippen MR) is 112 cm³/mol. The standard InChI is InChI=1S/C20H13F5N4O3S2/c1-2-11-8(13-16(31)28-18(32)29-17(13)34-11)5-12(30)27-19-26-10(6-33-19)7-3-4-9(21)14(15(7)22)20(23,24)25/h3-4,6H,2,5H2,1H3,(H,26,27,30)(H2,28,29,31,32)/p+2. The minimum Gasteiger partial charge on any atom is -0.302 e. The monoisotopic (exact) mass is 518 g/mol. The molecule has 0 fully saturated rings. The molecule has 3 heterocycles. The fraction of sp³-hybridized carbons (Fsp3) is 0.200. The largest absolute Gasteiger partial charge is 0.521 e. The van der Waals surface area contributed by atoms with Gasteiger partial charge in [0.15, 0.2) is 10.7 Å². The number of amides is 4. The molecule has 0 atom stereocenters. The lowest BCUT2D eigenvalue weighted by Crippen LogP contribution is -3.11. The molecule has 4 amide bonds. The van der Waals surface area contributed by atoms with Crippen LogP contribution >= 0.6 is 22.7 Å². The van der Waals surface area contributed by atoms with E-state index in [1.807, 2.05) is 6.92 Å². The molecule has 5 N–H and O–H groups in total. The minimum absolute atomic E-state index is 0.0148. The number of halogens is 5. The van der Waals surface area contributed by atoms with Crippen molar-refractivity contribution in [2.75, 3.05) is 5.32 Å². The number of nitrogens with one attached hydrogen (secondary N) is 1. The number of primary amides is 3. The highest BCUT2D eigenvalue weighted by Gasteiger charge is 2.40. The number of alkyl halides is 3. The Hall–Kier alpha value is -3.07. The van der Waals surface area contributed by atoms with Crippen molar-refractivity contribution >= 4 is 50.7 Å². The zero-order valence-electron chi connectivity index (χ0n) is 17.2. The van der Waals surface area contributed by atoms with E-state index in [-0.39, 0.29) is 17.2 Å². The Bertz CT molecular complexity index is 1330. The Kier molecular flexibility index (Phi) is 6.33. The Balaban J connectivity index is 1.56. The number of carbonyl (C=O) groups is 3. The number of quaternary nitrogens is 2. The Morgan fingerprint density at radius 1 is 1.18 bits per heavy atom. The van der Waals surface area contributed by atoms with Crippen molar-refractivity contribution in [3.8, 4) is 11.3 Å². The van der Waals surface area contributed by atoms with Crippen LogP contribution in [0.4, 0.5) is 36.9 Å². The van der Waals surface area contributed by atoms with Crippen LogP contribution in [0.15, 0.2) is 17.5 Å². The molecule has 1 aromatic carbocycles. The summed E-state index contributed by atoms with van der Waals surface area (Å²) in [6.07, 6.45) is -4.90. The van der Waals surface area contributed by atoms with Gasteiger partial charge in [0.05, 0.1) is 12.1 Å². The van der Waals surface area contributed by atoms with E-state index in [0.717, 1.165) is 27.6 Å². The highest BCUT2D eigenvalue weighted by molar-refractivity contribution is 7.16. The summed E-state index contributed by atoms with van der Waals surface area (Å²) in [5, 5.41) is 6.48. The van der Waals surface area contributed by atoms with Gasteiger partial charge in [0.1, 0.15) is 17.2 Å². The zero-order chi connectivity index (χ0) is 24.8. The lowest BCUT2D eigenvalue weighted by molar-refractivity contribution is -0.617. The molecule has 178 valence electrons. The third kappa shape index (κ3) is 4.49. The molecule has 0 saturated carbocycles. The van der Waals surface area contributed by atoms with Crippen molar-refractivity contribution in [2.45, 2.75) is 25.9 Å². The van der Waals surface area contributed by atoms with Gasteiger partial charge in [-0.2, -0.15) is 28.6 Å². The molecule has 14 heteroatoms. The second-order valence-corrected chi connectivity index (χ2v) is 9.19. The highest BCUT2D eigenvalue weighted by atomic mass is 32.1. The number of aryl methyl sites for hydroxylation is 1. The van der Waals surface area contributed by atoms with Crippen molar-refractivity contribution in [3.05, 3.63) is 50.7 Å². The van der Waals surface area contributed by atoms with Gasteiger partial charge in [0.25, 0.3) is 0 Å². The Morgan fingerprint density at radius 2 is 1.91 bits per heavy atom. The van der Waals surface area contributed by atoms with Crippen LogP contribution in [0.3, 0.4) is 0 Å². The lowest BCUT2D eigenvalue weighted by Gasteiger charge is -2.11. The Morgan fingerprint density at radius 3 is 2.59 bits per heavy atom. The number of urea groups is 1. The predicted octanol–water partition coefficient (Wildman–Crippen LogP) is 2.94. The summed E-state index contributed by atoms with van der Waals surface area (Å²) in [7, 11) is 0. The normalized spacial score (nSPS) is 13.8. The van der Waals surface area contributed by atoms with Gasteiger partial charge in [0.2, 0.25) is 10.9 Å². The number of benzene rings is 1. The molecule has 0 aliphatic carbocycles. The fourth-order valence-electron chi connectivity index (χ4n) is 3.54. The molecule has 1 aliphatic rings. The van der Waals surface area contributed by atoms with E-state index in [2.05, 4.69) is 10.3 Å². The van der Waals surface area contributed by atoms with Crippen LogP contribution in [0.2, 0.25) is 0 Å². The molecule has 4 rings (SSSR count). The minimum atomic E-state index is -5.23. The number of anilines is 1. The molecule has 7 nitrogen and oxygen atoms in total. The SMILES string of the molecule is CCc1sc2c(c1CC(=O)Nc1nc(-c3ccc(F)c(C(F)(F)F)c3F)cs1)C(=O)[NH2+]C(=O)[NH2+]2. The molecule has 0 saturated heterocycles. The van der Waals surface area contributed by atoms with Crippen molar-refractivity contribution < 1.29 is 47.0 Å². The van der Waals surface area contributed by atoms with Crippen molar-refractivity contribution in [3.63, 3.8) is 0 Å². The first-order valence-corrected chi connectivity index (χ1v) is 11.4. The fourth-order valence-corrected chi connectivity index (χ4v) is 5.47. The first-order valence-electron chi connectivity index (χ1n) is 9.72. The average Bonchev–Trinajstić information content (AvgIpc) is 3.31. The second-order valence-electron chi connectivity index (χ2n) is 7.20. The quantitative estimate of drug-likeness (QED) is 0.452. The van der Waals surface area contributed by atoms with Gasteiger partial charge in [-0.25, -0.2) is 18.6 Å². The molecular weight excluding hydrogens is 503 g/mol. The number of thiazole rings is 1. The molecule has 1 aliphatic heterocycles. The van der Waals surface area contributed by atoms with E-state index < -0.39 is 46.8 Å². The summed E-state index contributed by atoms with van der Waals surface area (Å²) in [5.74, 6) is -4.58. The molecule has 0 unspecified atom stereocenters. The number of rotatable bonds is 5. The van der Waals surface area contributed by atoms with Gasteiger partial charge < -0.3 is 5.32 Å². The molecule has 0 bridgehead atoms. The first kappa shape index (κ1) is 24.1. The molecule has 0 spiro atoms. The van der Waals surface area contributed by atoms with Gasteiger partial charge in [0, 0.05) is 15.8 Å². The van der Waals surface area contributed by atoms with Crippen molar-refractivity contribution in [1.29, 1.82) is 0 Å². The average molecular weight is 518 g/mol. The van der Waals surface area contributed by atoms with Gasteiger partial charge in [-0.15, -0.1) is 11.3 Å². The zero-order valence-corrected chi connectivity index (χ0v) is 18.8. The summed E-state index contributed by atoms with van der Waals surface area (Å²) in [6, 6.07) is 0.918. The lowest BCUT2D eigenvalue weighted by atomic mass is 10.0. The topological polar surface area (TPSA) is 109 Å². The van der Waals surface area contributed by atoms with E-state index in [9.17, 15) is 36.3 Å². The summed E-state index contributed by atoms with van der Waals surface area (Å²) in [5.41, 5.74) is -2.00. The van der Waals surface area contributed by atoms with Crippen molar-refractivity contribution in [1.82, 2.24) is 4.98 Å². The third-order valence-electron chi connectivity index (χ3n) is 4.97. The number of thiophene rings is 1. The number of nitrogens with zero attached hydrogens (tertiary/aromatic N) is 1. The van der Waals surface area contributed by atoms with E-state index in [1.165, 1.54) is 22.0 Å². The van der Waals surface area contributed by atoms with Crippen molar-refractivity contribution in [2.24, 2.45) is 0 Å². The van der Waals surface area contributed by atoms with Gasteiger partial charge in [-0.1, -0.05) is 18.3 Å². The maximum absolute atomic E-state index is 14.4. The van der Waals surface area contributed by atoms with Crippen LogP contribution in [0.5, 0.6) is 0 Å². The van der Waals surface area contributed by atoms with E-state index in [1.54, 1.807) is 0 Å². The molecular formula is C20H15F5N4O3S2+2. The number of carbonyl (C=O) groups excluding carboxylic acids is 3. The number of hydrogen-bond acceptors (Lipinski definition) is 6. The number of nitrogens with two attached hydrogens (primary N) is 2. The number of aromatic nitrogens is 1.